The zero-order valence-corrected chi connectivity index (χ0v) is 18.7. The number of hydrogen-bond acceptors (Lipinski definition) is 4. The molecule has 33 heavy (non-hydrogen) atoms. The summed E-state index contributed by atoms with van der Waals surface area (Å²) in [5.74, 6) is -0.128. The number of carbonyl (C=O) groups is 3. The minimum Gasteiger partial charge on any atom is -0.497 e. The Kier molecular flexibility index (Phi) is 6.60. The van der Waals surface area contributed by atoms with Gasteiger partial charge in [0.25, 0.3) is 5.91 Å². The molecule has 0 radical (unpaired) electrons. The number of hydrogen-bond donors (Lipinski definition) is 1. The van der Waals surface area contributed by atoms with Gasteiger partial charge in [0.1, 0.15) is 11.8 Å². The van der Waals surface area contributed by atoms with E-state index in [1.807, 2.05) is 12.1 Å². The number of rotatable bonds is 7. The van der Waals surface area contributed by atoms with Crippen LogP contribution in [0.4, 0.5) is 16.2 Å². The molecule has 7 nitrogen and oxygen atoms in total. The number of amides is 4. The highest BCUT2D eigenvalue weighted by Gasteiger charge is 2.46. The molecule has 4 amide bonds. The number of para-hydroxylation sites is 1. The number of methoxy groups -OCH3 is 1. The highest BCUT2D eigenvalue weighted by atomic mass is 35.5. The molecule has 0 bridgehead atoms. The van der Waals surface area contributed by atoms with E-state index < -0.39 is 18.0 Å². The highest BCUT2D eigenvalue weighted by molar-refractivity contribution is 6.30. The van der Waals surface area contributed by atoms with Crippen LogP contribution in [-0.2, 0) is 16.1 Å². The van der Waals surface area contributed by atoms with Crippen molar-refractivity contribution in [2.75, 3.05) is 17.3 Å². The van der Waals surface area contributed by atoms with Crippen LogP contribution in [0.25, 0.3) is 0 Å². The molecule has 1 aliphatic rings. The van der Waals surface area contributed by atoms with Crippen LogP contribution in [0.1, 0.15) is 12.0 Å². The van der Waals surface area contributed by atoms with E-state index in [-0.39, 0.29) is 18.9 Å². The monoisotopic (exact) mass is 463 g/mol. The third-order valence-electron chi connectivity index (χ3n) is 5.35. The molecule has 0 spiro atoms. The second-order valence-electron chi connectivity index (χ2n) is 7.54. The second-order valence-corrected chi connectivity index (χ2v) is 7.98. The molecular weight excluding hydrogens is 442 g/mol. The van der Waals surface area contributed by atoms with Gasteiger partial charge in [-0.1, -0.05) is 41.9 Å². The molecule has 1 atom stereocenters. The van der Waals surface area contributed by atoms with Crippen molar-refractivity contribution in [3.8, 4) is 5.75 Å². The Morgan fingerprint density at radius 1 is 0.970 bits per heavy atom. The smallest absolute Gasteiger partial charge is 0.332 e. The Morgan fingerprint density at radius 2 is 1.64 bits per heavy atom. The Hall–Kier alpha value is -3.84. The average molecular weight is 464 g/mol. The summed E-state index contributed by atoms with van der Waals surface area (Å²) >= 11 is 5.90. The topological polar surface area (TPSA) is 79.0 Å². The lowest BCUT2D eigenvalue weighted by Crippen LogP contribution is -2.37. The molecule has 4 rings (SSSR count). The standard InChI is InChI=1S/C25H22ClN3O4/c1-33-21-13-7-17(8-14-21)16-28-22(15-23(30)27-19-11-9-18(26)10-12-19)24(31)29(25(28)32)20-5-3-2-4-6-20/h2-14,22H,15-16H2,1H3,(H,27,30). The van der Waals surface area contributed by atoms with Crippen LogP contribution < -0.4 is 15.0 Å². The number of anilines is 2. The van der Waals surface area contributed by atoms with Crippen LogP contribution in [0.15, 0.2) is 78.9 Å². The average Bonchev–Trinajstić information content (AvgIpc) is 3.05. The molecular formula is C25H22ClN3O4. The Bertz CT molecular complexity index is 1150. The third-order valence-corrected chi connectivity index (χ3v) is 5.60. The van der Waals surface area contributed by atoms with E-state index >= 15 is 0 Å². The van der Waals surface area contributed by atoms with Gasteiger partial charge in [-0.25, -0.2) is 9.69 Å². The number of halogens is 1. The summed E-state index contributed by atoms with van der Waals surface area (Å²) in [4.78, 5) is 41.9. The summed E-state index contributed by atoms with van der Waals surface area (Å²) in [5.41, 5.74) is 1.84. The quantitative estimate of drug-likeness (QED) is 0.514. The minimum absolute atomic E-state index is 0.174. The van der Waals surface area contributed by atoms with Gasteiger partial charge in [-0.15, -0.1) is 0 Å². The molecule has 3 aromatic carbocycles. The van der Waals surface area contributed by atoms with Crippen molar-refractivity contribution < 1.29 is 19.1 Å². The summed E-state index contributed by atoms with van der Waals surface area (Å²) in [6, 6.07) is 21.2. The maximum Gasteiger partial charge on any atom is 0.332 e. The van der Waals surface area contributed by atoms with Gasteiger partial charge in [0.15, 0.2) is 0 Å². The van der Waals surface area contributed by atoms with Crippen molar-refractivity contribution >= 4 is 40.8 Å². The Morgan fingerprint density at radius 3 is 2.27 bits per heavy atom. The normalized spacial score (nSPS) is 15.6. The first-order valence-electron chi connectivity index (χ1n) is 10.3. The van der Waals surface area contributed by atoms with Crippen molar-refractivity contribution in [2.45, 2.75) is 19.0 Å². The molecule has 168 valence electrons. The summed E-state index contributed by atoms with van der Waals surface area (Å²) in [6.07, 6.45) is -0.174. The predicted molar refractivity (Wildman–Crippen MR) is 126 cm³/mol. The van der Waals surface area contributed by atoms with E-state index in [1.165, 1.54) is 4.90 Å². The van der Waals surface area contributed by atoms with E-state index in [4.69, 9.17) is 16.3 Å². The largest absolute Gasteiger partial charge is 0.497 e. The highest BCUT2D eigenvalue weighted by Crippen LogP contribution is 2.29. The lowest BCUT2D eigenvalue weighted by Gasteiger charge is -2.22. The van der Waals surface area contributed by atoms with E-state index in [0.717, 1.165) is 10.5 Å². The lowest BCUT2D eigenvalue weighted by atomic mass is 10.1. The fourth-order valence-corrected chi connectivity index (χ4v) is 3.80. The molecule has 1 N–H and O–H groups in total. The minimum atomic E-state index is -0.938. The molecule has 1 fully saturated rings. The summed E-state index contributed by atoms with van der Waals surface area (Å²) in [6.45, 7) is 0.177. The third kappa shape index (κ3) is 4.99. The molecule has 1 heterocycles. The van der Waals surface area contributed by atoms with Crippen molar-refractivity contribution in [2.24, 2.45) is 0 Å². The number of ether oxygens (including phenoxy) is 1. The maximum atomic E-state index is 13.3. The lowest BCUT2D eigenvalue weighted by molar-refractivity contribution is -0.124. The van der Waals surface area contributed by atoms with Crippen LogP contribution in [0.5, 0.6) is 5.75 Å². The van der Waals surface area contributed by atoms with Crippen molar-refractivity contribution in [1.82, 2.24) is 4.90 Å². The first kappa shape index (κ1) is 22.4. The van der Waals surface area contributed by atoms with Crippen LogP contribution in [0.3, 0.4) is 0 Å². The molecule has 0 aromatic heterocycles. The van der Waals surface area contributed by atoms with Gasteiger partial charge in [-0.05, 0) is 54.1 Å². The van der Waals surface area contributed by atoms with Crippen LogP contribution in [0, 0.1) is 0 Å². The number of imide groups is 1. The first-order chi connectivity index (χ1) is 16.0. The second kappa shape index (κ2) is 9.75. The van der Waals surface area contributed by atoms with E-state index in [9.17, 15) is 14.4 Å². The van der Waals surface area contributed by atoms with Gasteiger partial charge in [0.05, 0.1) is 19.2 Å². The summed E-state index contributed by atoms with van der Waals surface area (Å²) in [5, 5.41) is 3.31. The summed E-state index contributed by atoms with van der Waals surface area (Å²) < 4.78 is 5.19. The van der Waals surface area contributed by atoms with E-state index in [1.54, 1.807) is 73.8 Å². The Labute approximate surface area is 196 Å². The number of nitrogens with one attached hydrogen (secondary N) is 1. The molecule has 1 unspecified atom stereocenters. The van der Waals surface area contributed by atoms with Crippen molar-refractivity contribution in [3.05, 3.63) is 89.4 Å². The van der Waals surface area contributed by atoms with Crippen LogP contribution in [0.2, 0.25) is 5.02 Å². The van der Waals surface area contributed by atoms with Crippen LogP contribution in [-0.4, -0.2) is 35.9 Å². The van der Waals surface area contributed by atoms with Gasteiger partial charge in [-0.2, -0.15) is 0 Å². The zero-order valence-electron chi connectivity index (χ0n) is 17.9. The predicted octanol–water partition coefficient (Wildman–Crippen LogP) is 4.71. The van der Waals surface area contributed by atoms with Crippen molar-refractivity contribution in [3.63, 3.8) is 0 Å². The molecule has 3 aromatic rings. The number of urea groups is 1. The van der Waals surface area contributed by atoms with Crippen LogP contribution >= 0.6 is 11.6 Å². The Balaban J connectivity index is 1.58. The molecule has 0 saturated carbocycles. The zero-order chi connectivity index (χ0) is 23.4. The van der Waals surface area contributed by atoms with Gasteiger partial charge in [-0.3, -0.25) is 9.59 Å². The van der Waals surface area contributed by atoms with Gasteiger partial charge in [0, 0.05) is 17.3 Å². The van der Waals surface area contributed by atoms with E-state index in [2.05, 4.69) is 5.32 Å². The molecule has 8 heteroatoms. The summed E-state index contributed by atoms with van der Waals surface area (Å²) in [7, 11) is 1.57. The van der Waals surface area contributed by atoms with Gasteiger partial charge >= 0.3 is 6.03 Å². The maximum absolute atomic E-state index is 13.3. The molecule has 0 aliphatic carbocycles. The fraction of sp³-hybridized carbons (Fsp3) is 0.160. The van der Waals surface area contributed by atoms with E-state index in [0.29, 0.717) is 22.1 Å². The van der Waals surface area contributed by atoms with Gasteiger partial charge in [0.2, 0.25) is 5.91 Å². The number of benzene rings is 3. The first-order valence-corrected chi connectivity index (χ1v) is 10.7. The van der Waals surface area contributed by atoms with Crippen molar-refractivity contribution in [1.29, 1.82) is 0 Å². The molecule has 1 saturated heterocycles. The van der Waals surface area contributed by atoms with Gasteiger partial charge < -0.3 is 15.0 Å². The SMILES string of the molecule is COc1ccc(CN2C(=O)N(c3ccccc3)C(=O)C2CC(=O)Nc2ccc(Cl)cc2)cc1. The fourth-order valence-electron chi connectivity index (χ4n) is 3.68. The number of nitrogens with zero attached hydrogens (tertiary/aromatic N) is 2. The molecule has 1 aliphatic heterocycles. The number of carbonyl (C=O) groups excluding carboxylic acids is 3.